The van der Waals surface area contributed by atoms with E-state index in [2.05, 4.69) is 19.5 Å². The molecule has 0 fully saturated rings. The van der Waals surface area contributed by atoms with Crippen molar-refractivity contribution in [3.05, 3.63) is 24.0 Å². The molecule has 10 heteroatoms. The van der Waals surface area contributed by atoms with Crippen molar-refractivity contribution in [1.29, 1.82) is 0 Å². The number of carbonyl (C=O) groups is 1. The van der Waals surface area contributed by atoms with Gasteiger partial charge in [-0.3, -0.25) is 9.52 Å². The SMILES string of the molecule is CCNS(=O)(=O)Nc1nn2cccnc2c1C(N)=O. The van der Waals surface area contributed by atoms with Crippen LogP contribution in [0.25, 0.3) is 5.65 Å². The standard InChI is InChI=1S/C9H12N6O3S/c1-2-12-19(17,18)14-8-6(7(10)16)9-11-4-3-5-15(9)13-8/h3-5,12H,2H2,1H3,(H2,10,16)(H,13,14). The predicted molar refractivity (Wildman–Crippen MR) is 67.7 cm³/mol. The van der Waals surface area contributed by atoms with Crippen LogP contribution in [0.3, 0.4) is 0 Å². The fraction of sp³-hybridized carbons (Fsp3) is 0.222. The molecule has 0 saturated heterocycles. The first kappa shape index (κ1) is 13.2. The van der Waals surface area contributed by atoms with Gasteiger partial charge in [0.1, 0.15) is 5.56 Å². The van der Waals surface area contributed by atoms with Gasteiger partial charge in [-0.1, -0.05) is 6.92 Å². The van der Waals surface area contributed by atoms with Crippen LogP contribution in [0.5, 0.6) is 0 Å². The van der Waals surface area contributed by atoms with Crippen LogP contribution in [0, 0.1) is 0 Å². The first-order valence-electron chi connectivity index (χ1n) is 5.35. The maximum atomic E-state index is 11.6. The molecular formula is C9H12N6O3S. The second kappa shape index (κ2) is 4.82. The Hall–Kier alpha value is -2.20. The molecule has 2 rings (SSSR count). The maximum absolute atomic E-state index is 11.6. The molecule has 0 radical (unpaired) electrons. The lowest BCUT2D eigenvalue weighted by Crippen LogP contribution is -2.30. The van der Waals surface area contributed by atoms with Crippen LogP contribution in [0.4, 0.5) is 5.82 Å². The predicted octanol–water partition coefficient (Wildman–Crippen LogP) is -0.906. The van der Waals surface area contributed by atoms with E-state index in [1.165, 1.54) is 16.9 Å². The van der Waals surface area contributed by atoms with Crippen LogP contribution < -0.4 is 15.2 Å². The molecule has 19 heavy (non-hydrogen) atoms. The molecule has 0 aliphatic carbocycles. The first-order valence-corrected chi connectivity index (χ1v) is 6.83. The summed E-state index contributed by atoms with van der Waals surface area (Å²) in [6.45, 7) is 1.83. The molecule has 0 atom stereocenters. The second-order valence-corrected chi connectivity index (χ2v) is 5.08. The second-order valence-electron chi connectivity index (χ2n) is 3.58. The van der Waals surface area contributed by atoms with Crippen molar-refractivity contribution >= 4 is 27.6 Å². The Morgan fingerprint density at radius 1 is 1.53 bits per heavy atom. The summed E-state index contributed by atoms with van der Waals surface area (Å²) in [5.74, 6) is -0.977. The van der Waals surface area contributed by atoms with E-state index in [9.17, 15) is 13.2 Å². The first-order chi connectivity index (χ1) is 8.94. The molecule has 2 heterocycles. The maximum Gasteiger partial charge on any atom is 0.300 e. The lowest BCUT2D eigenvalue weighted by Gasteiger charge is -2.05. The Balaban J connectivity index is 2.54. The van der Waals surface area contributed by atoms with Crippen LogP contribution >= 0.6 is 0 Å². The van der Waals surface area contributed by atoms with Gasteiger partial charge in [-0.05, 0) is 6.07 Å². The van der Waals surface area contributed by atoms with E-state index >= 15 is 0 Å². The molecule has 102 valence electrons. The number of rotatable bonds is 5. The molecule has 0 saturated carbocycles. The van der Waals surface area contributed by atoms with Crippen molar-refractivity contribution in [3.63, 3.8) is 0 Å². The third-order valence-electron chi connectivity index (χ3n) is 2.21. The zero-order valence-corrected chi connectivity index (χ0v) is 10.8. The minimum atomic E-state index is -3.80. The summed E-state index contributed by atoms with van der Waals surface area (Å²) in [6, 6.07) is 1.59. The van der Waals surface area contributed by atoms with Crippen LogP contribution in [0.15, 0.2) is 18.5 Å². The molecule has 0 unspecified atom stereocenters. The number of amides is 1. The third kappa shape index (κ3) is 2.63. The largest absolute Gasteiger partial charge is 0.365 e. The normalized spacial score (nSPS) is 11.6. The molecule has 0 aromatic carbocycles. The number of fused-ring (bicyclic) bond motifs is 1. The monoisotopic (exact) mass is 284 g/mol. The minimum absolute atomic E-state index is 0.0814. The van der Waals surface area contributed by atoms with Crippen LogP contribution in [-0.4, -0.2) is 35.5 Å². The average Bonchev–Trinajstić information content (AvgIpc) is 2.65. The lowest BCUT2D eigenvalue weighted by molar-refractivity contribution is 0.100. The molecule has 9 nitrogen and oxygen atoms in total. The summed E-state index contributed by atoms with van der Waals surface area (Å²) in [6.07, 6.45) is 2.98. The number of carbonyl (C=O) groups excluding carboxylic acids is 1. The number of nitrogens with two attached hydrogens (primary N) is 1. The molecule has 2 aromatic rings. The molecule has 2 aromatic heterocycles. The molecule has 0 aliphatic rings. The van der Waals surface area contributed by atoms with Gasteiger partial charge >= 0.3 is 0 Å². The fourth-order valence-corrected chi connectivity index (χ4v) is 2.39. The number of aromatic nitrogens is 3. The highest BCUT2D eigenvalue weighted by atomic mass is 32.2. The van der Waals surface area contributed by atoms with Crippen molar-refractivity contribution in [2.45, 2.75) is 6.92 Å². The summed E-state index contributed by atoms with van der Waals surface area (Å²) >= 11 is 0. The number of nitrogens with one attached hydrogen (secondary N) is 2. The summed E-state index contributed by atoms with van der Waals surface area (Å²) in [7, 11) is -3.80. The van der Waals surface area contributed by atoms with Gasteiger partial charge < -0.3 is 5.73 Å². The van der Waals surface area contributed by atoms with E-state index in [1.807, 2.05) is 0 Å². The van der Waals surface area contributed by atoms with E-state index in [0.29, 0.717) is 0 Å². The minimum Gasteiger partial charge on any atom is -0.365 e. The van der Waals surface area contributed by atoms with Crippen molar-refractivity contribution < 1.29 is 13.2 Å². The molecule has 0 spiro atoms. The van der Waals surface area contributed by atoms with Gasteiger partial charge in [-0.25, -0.2) is 9.50 Å². The lowest BCUT2D eigenvalue weighted by atomic mass is 10.3. The highest BCUT2D eigenvalue weighted by molar-refractivity contribution is 7.90. The van der Waals surface area contributed by atoms with Gasteiger partial charge in [-0.15, -0.1) is 5.10 Å². The summed E-state index contributed by atoms with van der Waals surface area (Å²) in [5.41, 5.74) is 5.33. The fourth-order valence-electron chi connectivity index (χ4n) is 1.54. The van der Waals surface area contributed by atoms with E-state index in [0.717, 1.165) is 0 Å². The average molecular weight is 284 g/mol. The topological polar surface area (TPSA) is 131 Å². The number of nitrogens with zero attached hydrogens (tertiary/aromatic N) is 3. The molecule has 0 bridgehead atoms. The van der Waals surface area contributed by atoms with Gasteiger partial charge in [0.15, 0.2) is 11.5 Å². The van der Waals surface area contributed by atoms with Gasteiger partial charge in [0.2, 0.25) is 0 Å². The van der Waals surface area contributed by atoms with Crippen molar-refractivity contribution in [3.8, 4) is 0 Å². The van der Waals surface area contributed by atoms with E-state index in [4.69, 9.17) is 5.73 Å². The third-order valence-corrected chi connectivity index (χ3v) is 3.34. The smallest absolute Gasteiger partial charge is 0.300 e. The Morgan fingerprint density at radius 2 is 2.26 bits per heavy atom. The quantitative estimate of drug-likeness (QED) is 0.654. The highest BCUT2D eigenvalue weighted by Gasteiger charge is 2.22. The molecular weight excluding hydrogens is 272 g/mol. The Morgan fingerprint density at radius 3 is 2.89 bits per heavy atom. The summed E-state index contributed by atoms with van der Waals surface area (Å²) < 4.78 is 28.8. The number of hydrogen-bond donors (Lipinski definition) is 3. The van der Waals surface area contributed by atoms with Crippen LogP contribution in [0.1, 0.15) is 17.3 Å². The Labute approximate surface area is 109 Å². The molecule has 1 amide bonds. The van der Waals surface area contributed by atoms with Gasteiger partial charge in [0.05, 0.1) is 0 Å². The highest BCUT2D eigenvalue weighted by Crippen LogP contribution is 2.18. The van der Waals surface area contributed by atoms with Crippen molar-refractivity contribution in [1.82, 2.24) is 19.3 Å². The zero-order valence-electron chi connectivity index (χ0n) is 9.99. The summed E-state index contributed by atoms with van der Waals surface area (Å²) in [4.78, 5) is 15.4. The van der Waals surface area contributed by atoms with E-state index in [-0.39, 0.29) is 23.6 Å². The van der Waals surface area contributed by atoms with E-state index < -0.39 is 16.1 Å². The number of anilines is 1. The molecule has 4 N–H and O–H groups in total. The van der Waals surface area contributed by atoms with E-state index in [1.54, 1.807) is 13.0 Å². The Kier molecular flexibility index (Phi) is 3.36. The zero-order chi connectivity index (χ0) is 14.0. The van der Waals surface area contributed by atoms with Crippen molar-refractivity contribution in [2.24, 2.45) is 5.73 Å². The summed E-state index contributed by atoms with van der Waals surface area (Å²) in [5, 5.41) is 3.92. The Bertz CT molecular complexity index is 723. The molecule has 0 aliphatic heterocycles. The van der Waals surface area contributed by atoms with Gasteiger partial charge in [0, 0.05) is 18.9 Å². The number of primary amides is 1. The van der Waals surface area contributed by atoms with Crippen molar-refractivity contribution in [2.75, 3.05) is 11.3 Å². The van der Waals surface area contributed by atoms with Gasteiger partial charge in [-0.2, -0.15) is 13.1 Å². The van der Waals surface area contributed by atoms with Crippen LogP contribution in [0.2, 0.25) is 0 Å². The van der Waals surface area contributed by atoms with Gasteiger partial charge in [0.25, 0.3) is 16.1 Å². The number of hydrogen-bond acceptors (Lipinski definition) is 5. The van der Waals surface area contributed by atoms with Crippen LogP contribution in [-0.2, 0) is 10.2 Å².